The molecule has 92 valence electrons. The molecule has 0 saturated carbocycles. The van der Waals surface area contributed by atoms with Crippen molar-refractivity contribution in [2.45, 2.75) is 13.0 Å². The zero-order valence-corrected chi connectivity index (χ0v) is 12.1. The van der Waals surface area contributed by atoms with Crippen molar-refractivity contribution in [2.75, 3.05) is 14.2 Å². The van der Waals surface area contributed by atoms with Gasteiger partial charge in [-0.2, -0.15) is 0 Å². The Morgan fingerprint density at radius 3 is 2.47 bits per heavy atom. The number of hydrogen-bond acceptors (Lipinski definition) is 3. The van der Waals surface area contributed by atoms with Gasteiger partial charge in [-0.05, 0) is 41.6 Å². The van der Waals surface area contributed by atoms with Gasteiger partial charge in [0.25, 0.3) is 5.91 Å². The molecule has 0 N–H and O–H groups in total. The summed E-state index contributed by atoms with van der Waals surface area (Å²) in [6.45, 7) is 1.64. The van der Waals surface area contributed by atoms with E-state index in [0.717, 1.165) is 3.57 Å². The number of hydrogen-bond donors (Lipinski definition) is 0. The third kappa shape index (κ3) is 3.18. The number of carbonyl (C=O) groups is 2. The van der Waals surface area contributed by atoms with Gasteiger partial charge in [0.1, 0.15) is 6.04 Å². The van der Waals surface area contributed by atoms with E-state index in [2.05, 4.69) is 27.3 Å². The third-order valence-corrected chi connectivity index (χ3v) is 3.49. The van der Waals surface area contributed by atoms with Gasteiger partial charge >= 0.3 is 5.97 Å². The molecule has 0 radical (unpaired) electrons. The minimum atomic E-state index is -0.594. The van der Waals surface area contributed by atoms with Crippen LogP contribution in [0.2, 0.25) is 0 Å². The van der Waals surface area contributed by atoms with Gasteiger partial charge < -0.3 is 9.64 Å². The highest BCUT2D eigenvalue weighted by Gasteiger charge is 2.24. The van der Waals surface area contributed by atoms with Crippen LogP contribution in [-0.2, 0) is 9.53 Å². The maximum Gasteiger partial charge on any atom is 0.328 e. The van der Waals surface area contributed by atoms with Crippen LogP contribution >= 0.6 is 22.6 Å². The fourth-order valence-corrected chi connectivity index (χ4v) is 1.95. The molecular weight excluding hydrogens is 333 g/mol. The maximum atomic E-state index is 12.1. The maximum absolute atomic E-state index is 12.1. The molecule has 0 aromatic heterocycles. The third-order valence-electron chi connectivity index (χ3n) is 2.55. The van der Waals surface area contributed by atoms with E-state index in [1.165, 1.54) is 12.0 Å². The summed E-state index contributed by atoms with van der Waals surface area (Å²) in [5, 5.41) is 0. The lowest BCUT2D eigenvalue weighted by molar-refractivity contribution is -0.144. The highest BCUT2D eigenvalue weighted by Crippen LogP contribution is 2.14. The second-order valence-corrected chi connectivity index (χ2v) is 4.76. The number of nitrogens with zero attached hydrogens (tertiary/aromatic N) is 1. The summed E-state index contributed by atoms with van der Waals surface area (Å²) < 4.78 is 5.47. The Morgan fingerprint density at radius 1 is 1.35 bits per heavy atom. The van der Waals surface area contributed by atoms with Crippen molar-refractivity contribution in [1.29, 1.82) is 0 Å². The number of ether oxygens (including phenoxy) is 1. The van der Waals surface area contributed by atoms with Crippen LogP contribution < -0.4 is 0 Å². The van der Waals surface area contributed by atoms with Gasteiger partial charge in [-0.3, -0.25) is 4.79 Å². The number of esters is 1. The molecular formula is C12H14INO3. The molecule has 1 aromatic carbocycles. The first kappa shape index (κ1) is 14.0. The molecule has 0 aliphatic carbocycles. The number of halogens is 1. The monoisotopic (exact) mass is 347 g/mol. The molecule has 0 aliphatic rings. The minimum Gasteiger partial charge on any atom is -0.467 e. The molecule has 17 heavy (non-hydrogen) atoms. The Labute approximate surface area is 114 Å². The molecule has 5 heteroatoms. The number of carbonyl (C=O) groups excluding carboxylic acids is 2. The van der Waals surface area contributed by atoms with Gasteiger partial charge in [-0.25, -0.2) is 4.79 Å². The van der Waals surface area contributed by atoms with E-state index in [9.17, 15) is 9.59 Å². The molecule has 0 spiro atoms. The van der Waals surface area contributed by atoms with Crippen molar-refractivity contribution in [3.63, 3.8) is 0 Å². The van der Waals surface area contributed by atoms with Gasteiger partial charge in [0.15, 0.2) is 0 Å². The summed E-state index contributed by atoms with van der Waals surface area (Å²) in [4.78, 5) is 24.9. The van der Waals surface area contributed by atoms with Crippen molar-refractivity contribution in [1.82, 2.24) is 4.90 Å². The molecule has 0 aliphatic heterocycles. The van der Waals surface area contributed by atoms with Crippen LogP contribution in [0.1, 0.15) is 17.3 Å². The van der Waals surface area contributed by atoms with Gasteiger partial charge in [-0.15, -0.1) is 0 Å². The van der Waals surface area contributed by atoms with Crippen molar-refractivity contribution in [2.24, 2.45) is 0 Å². The lowest BCUT2D eigenvalue weighted by Gasteiger charge is -2.23. The van der Waals surface area contributed by atoms with Crippen LogP contribution in [-0.4, -0.2) is 37.0 Å². The molecule has 0 bridgehead atoms. The van der Waals surface area contributed by atoms with E-state index >= 15 is 0 Å². The van der Waals surface area contributed by atoms with Crippen LogP contribution in [0.25, 0.3) is 0 Å². The number of amides is 1. The molecule has 0 saturated heterocycles. The standard InChI is InChI=1S/C12H14INO3/c1-8(12(16)17-3)14(2)11(15)9-6-4-5-7-10(9)13/h4-8H,1-3H3/t8-/m0/s1. The lowest BCUT2D eigenvalue weighted by atomic mass is 10.2. The summed E-state index contributed by atoms with van der Waals surface area (Å²) in [6, 6.07) is 6.66. The fourth-order valence-electron chi connectivity index (χ4n) is 1.33. The van der Waals surface area contributed by atoms with Gasteiger partial charge in [0.05, 0.1) is 12.7 Å². The second kappa shape index (κ2) is 6.00. The van der Waals surface area contributed by atoms with Crippen molar-refractivity contribution >= 4 is 34.5 Å². The molecule has 1 rings (SSSR count). The van der Waals surface area contributed by atoms with Crippen molar-refractivity contribution < 1.29 is 14.3 Å². The Kier molecular flexibility index (Phi) is 4.92. The van der Waals surface area contributed by atoms with E-state index in [1.54, 1.807) is 26.1 Å². The predicted molar refractivity (Wildman–Crippen MR) is 72.7 cm³/mol. The van der Waals surface area contributed by atoms with E-state index in [0.29, 0.717) is 5.56 Å². The van der Waals surface area contributed by atoms with E-state index in [-0.39, 0.29) is 5.91 Å². The number of rotatable bonds is 3. The smallest absolute Gasteiger partial charge is 0.328 e. The Hall–Kier alpha value is -1.11. The van der Waals surface area contributed by atoms with E-state index in [4.69, 9.17) is 0 Å². The zero-order chi connectivity index (χ0) is 13.0. The quantitative estimate of drug-likeness (QED) is 0.620. The Morgan fingerprint density at radius 2 is 1.94 bits per heavy atom. The molecule has 0 heterocycles. The number of likely N-dealkylation sites (N-methyl/N-ethyl adjacent to an activating group) is 1. The summed E-state index contributed by atoms with van der Waals surface area (Å²) in [7, 11) is 2.90. The Balaban J connectivity index is 2.91. The fraction of sp³-hybridized carbons (Fsp3) is 0.333. The number of methoxy groups -OCH3 is 1. The first-order valence-electron chi connectivity index (χ1n) is 5.08. The first-order valence-corrected chi connectivity index (χ1v) is 6.16. The molecule has 4 nitrogen and oxygen atoms in total. The van der Waals surface area contributed by atoms with Crippen LogP contribution in [0.5, 0.6) is 0 Å². The topological polar surface area (TPSA) is 46.6 Å². The van der Waals surface area contributed by atoms with Crippen LogP contribution in [0.4, 0.5) is 0 Å². The summed E-state index contributed by atoms with van der Waals surface area (Å²) in [5.41, 5.74) is 0.589. The summed E-state index contributed by atoms with van der Waals surface area (Å²) >= 11 is 2.10. The largest absolute Gasteiger partial charge is 0.467 e. The highest BCUT2D eigenvalue weighted by molar-refractivity contribution is 14.1. The van der Waals surface area contributed by atoms with Crippen molar-refractivity contribution in [3.05, 3.63) is 33.4 Å². The highest BCUT2D eigenvalue weighted by atomic mass is 127. The number of benzene rings is 1. The SMILES string of the molecule is COC(=O)[C@H](C)N(C)C(=O)c1ccccc1I. The summed E-state index contributed by atoms with van der Waals surface area (Å²) in [5.74, 6) is -0.611. The van der Waals surface area contributed by atoms with Crippen LogP contribution in [0.15, 0.2) is 24.3 Å². The van der Waals surface area contributed by atoms with E-state index in [1.807, 2.05) is 12.1 Å². The summed E-state index contributed by atoms with van der Waals surface area (Å²) in [6.07, 6.45) is 0. The molecule has 0 fully saturated rings. The van der Waals surface area contributed by atoms with Crippen molar-refractivity contribution in [3.8, 4) is 0 Å². The van der Waals surface area contributed by atoms with Gasteiger partial charge in [-0.1, -0.05) is 12.1 Å². The molecule has 1 aromatic rings. The first-order chi connectivity index (χ1) is 7.99. The average Bonchev–Trinajstić information content (AvgIpc) is 2.35. The molecule has 1 amide bonds. The minimum absolute atomic E-state index is 0.187. The van der Waals surface area contributed by atoms with Gasteiger partial charge in [0, 0.05) is 10.6 Å². The molecule has 1 atom stereocenters. The van der Waals surface area contributed by atoms with Crippen LogP contribution in [0, 0.1) is 3.57 Å². The lowest BCUT2D eigenvalue weighted by Crippen LogP contribution is -2.41. The second-order valence-electron chi connectivity index (χ2n) is 3.60. The molecule has 0 unspecified atom stereocenters. The Bertz CT molecular complexity index is 434. The predicted octanol–water partition coefficient (Wildman–Crippen LogP) is 1.92. The normalized spacial score (nSPS) is 11.8. The average molecular weight is 347 g/mol. The van der Waals surface area contributed by atoms with Gasteiger partial charge in [0.2, 0.25) is 0 Å². The van der Waals surface area contributed by atoms with E-state index < -0.39 is 12.0 Å². The van der Waals surface area contributed by atoms with Crippen LogP contribution in [0.3, 0.4) is 0 Å². The zero-order valence-electron chi connectivity index (χ0n) is 9.94.